The highest BCUT2D eigenvalue weighted by Crippen LogP contribution is 2.44. The van der Waals surface area contributed by atoms with E-state index >= 15 is 0 Å². The molecule has 178 valence electrons. The van der Waals surface area contributed by atoms with Crippen molar-refractivity contribution in [1.82, 2.24) is 9.97 Å². The van der Waals surface area contributed by atoms with Crippen LogP contribution in [0.25, 0.3) is 21.2 Å². The quantitative estimate of drug-likeness (QED) is 0.290. The number of para-hydroxylation sites is 1. The van der Waals surface area contributed by atoms with E-state index in [4.69, 9.17) is 20.8 Å². The Morgan fingerprint density at radius 2 is 2.06 bits per heavy atom. The van der Waals surface area contributed by atoms with E-state index in [2.05, 4.69) is 9.97 Å². The van der Waals surface area contributed by atoms with Gasteiger partial charge in [0.25, 0.3) is 5.91 Å². The van der Waals surface area contributed by atoms with Gasteiger partial charge in [0.05, 0.1) is 28.9 Å². The van der Waals surface area contributed by atoms with Gasteiger partial charge in [0.2, 0.25) is 5.78 Å². The largest absolute Gasteiger partial charge is 0.503 e. The van der Waals surface area contributed by atoms with Crippen molar-refractivity contribution in [2.24, 2.45) is 0 Å². The summed E-state index contributed by atoms with van der Waals surface area (Å²) in [6.45, 7) is 0. The number of hydrogen-bond donors (Lipinski definition) is 1. The lowest BCUT2D eigenvalue weighted by Crippen LogP contribution is -2.31. The molecule has 6 rings (SSSR count). The number of Topliss-reactive ketones (excluding diaryl/α,β-unsaturated/α-hetero) is 1. The predicted octanol–water partition coefficient (Wildman–Crippen LogP) is 5.88. The van der Waals surface area contributed by atoms with Crippen LogP contribution in [0.3, 0.4) is 0 Å². The normalized spacial score (nSPS) is 15.9. The Labute approximate surface area is 213 Å². The number of hydrogen-bond acceptors (Lipinski definition) is 8. The molecule has 1 aliphatic rings. The number of anilines is 1. The van der Waals surface area contributed by atoms with Crippen molar-refractivity contribution in [3.63, 3.8) is 0 Å². The van der Waals surface area contributed by atoms with E-state index in [1.165, 1.54) is 23.3 Å². The zero-order valence-corrected chi connectivity index (χ0v) is 20.2. The molecule has 36 heavy (non-hydrogen) atoms. The van der Waals surface area contributed by atoms with Crippen molar-refractivity contribution in [2.45, 2.75) is 6.04 Å². The van der Waals surface area contributed by atoms with Gasteiger partial charge in [-0.2, -0.15) is 0 Å². The number of fused-ring (bicyclic) bond motifs is 2. The molecule has 4 heterocycles. The fourth-order valence-electron chi connectivity index (χ4n) is 4.32. The molecule has 1 aliphatic heterocycles. The second-order valence-corrected chi connectivity index (χ2v) is 9.50. The van der Waals surface area contributed by atoms with Crippen molar-refractivity contribution in [3.8, 4) is 5.75 Å². The number of furan rings is 1. The topological polar surface area (TPSA) is 106 Å². The van der Waals surface area contributed by atoms with Crippen LogP contribution in [0.2, 0.25) is 5.02 Å². The number of nitrogens with zero attached hydrogens (tertiary/aromatic N) is 3. The van der Waals surface area contributed by atoms with Crippen molar-refractivity contribution in [1.29, 1.82) is 0 Å². The van der Waals surface area contributed by atoms with Crippen LogP contribution < -0.4 is 9.64 Å². The van der Waals surface area contributed by atoms with Crippen LogP contribution in [-0.4, -0.2) is 33.9 Å². The van der Waals surface area contributed by atoms with E-state index < -0.39 is 23.5 Å². The zero-order chi connectivity index (χ0) is 25.0. The molecule has 1 N–H and O–H groups in total. The SMILES string of the molecule is COc1cccc2cc(C(=O)C3=C(O)C(=O)N(c4nc5ccc(Cl)cc5s4)C3c3cccnc3)oc12. The molecule has 0 radical (unpaired) electrons. The lowest BCUT2D eigenvalue weighted by Gasteiger charge is -2.23. The number of amides is 1. The van der Waals surface area contributed by atoms with Crippen molar-refractivity contribution in [2.75, 3.05) is 12.0 Å². The molecule has 3 aromatic heterocycles. The minimum atomic E-state index is -0.968. The molecule has 0 fully saturated rings. The van der Waals surface area contributed by atoms with Crippen LogP contribution in [-0.2, 0) is 4.79 Å². The average Bonchev–Trinajstić information content (AvgIpc) is 3.58. The molecule has 1 unspecified atom stereocenters. The Kier molecular flexibility index (Phi) is 5.24. The van der Waals surface area contributed by atoms with Crippen LogP contribution >= 0.6 is 22.9 Å². The van der Waals surface area contributed by atoms with E-state index in [9.17, 15) is 14.7 Å². The van der Waals surface area contributed by atoms with Gasteiger partial charge in [0.15, 0.2) is 28.0 Å². The summed E-state index contributed by atoms with van der Waals surface area (Å²) >= 11 is 7.36. The van der Waals surface area contributed by atoms with Crippen LogP contribution in [0.15, 0.2) is 82.7 Å². The molecule has 0 saturated carbocycles. The summed E-state index contributed by atoms with van der Waals surface area (Å²) in [5, 5.41) is 12.5. The summed E-state index contributed by atoms with van der Waals surface area (Å²) in [7, 11) is 1.50. The summed E-state index contributed by atoms with van der Waals surface area (Å²) in [6.07, 6.45) is 3.13. The van der Waals surface area contributed by atoms with E-state index in [1.54, 1.807) is 67.0 Å². The summed E-state index contributed by atoms with van der Waals surface area (Å²) in [5.74, 6) is -1.61. The van der Waals surface area contributed by atoms with Gasteiger partial charge in [-0.15, -0.1) is 0 Å². The molecule has 1 atom stereocenters. The standard InChI is InChI=1S/C26H16ClN3O5S/c1-34-17-6-2-4-13-10-18(35-24(13)17)22(31)20-21(14-5-3-9-28-12-14)30(25(33)23(20)32)26-29-16-8-7-15(27)11-19(16)36-26/h2-12,21,32H,1H3. The average molecular weight is 518 g/mol. The number of ketones is 1. The van der Waals surface area contributed by atoms with E-state index in [-0.39, 0.29) is 11.3 Å². The summed E-state index contributed by atoms with van der Waals surface area (Å²) in [4.78, 5) is 37.2. The Bertz CT molecular complexity index is 1710. The lowest BCUT2D eigenvalue weighted by atomic mass is 9.96. The van der Waals surface area contributed by atoms with Gasteiger partial charge < -0.3 is 14.3 Å². The maximum atomic E-state index is 13.8. The number of ether oxygens (including phenoxy) is 1. The van der Waals surface area contributed by atoms with Crippen LogP contribution in [0.1, 0.15) is 22.2 Å². The van der Waals surface area contributed by atoms with Crippen molar-refractivity contribution >= 4 is 60.9 Å². The maximum Gasteiger partial charge on any atom is 0.296 e. The number of halogens is 1. The second-order valence-electron chi connectivity index (χ2n) is 8.05. The number of aromatic nitrogens is 2. The van der Waals surface area contributed by atoms with Gasteiger partial charge in [-0.25, -0.2) is 4.98 Å². The van der Waals surface area contributed by atoms with Gasteiger partial charge in [-0.1, -0.05) is 41.1 Å². The number of thiazole rings is 1. The van der Waals surface area contributed by atoms with Gasteiger partial charge in [0, 0.05) is 22.8 Å². The Hall–Kier alpha value is -4.21. The number of aliphatic hydroxyl groups is 1. The fourth-order valence-corrected chi connectivity index (χ4v) is 5.59. The van der Waals surface area contributed by atoms with Gasteiger partial charge >= 0.3 is 0 Å². The highest BCUT2D eigenvalue weighted by atomic mass is 35.5. The van der Waals surface area contributed by atoms with Gasteiger partial charge in [-0.3, -0.25) is 19.5 Å². The molecule has 0 bridgehead atoms. The highest BCUT2D eigenvalue weighted by Gasteiger charge is 2.46. The van der Waals surface area contributed by atoms with Crippen LogP contribution in [0.5, 0.6) is 5.75 Å². The molecule has 0 saturated heterocycles. The monoisotopic (exact) mass is 517 g/mol. The van der Waals surface area contributed by atoms with Gasteiger partial charge in [-0.05, 0) is 42.0 Å². The van der Waals surface area contributed by atoms with Crippen molar-refractivity contribution in [3.05, 3.63) is 94.7 Å². The lowest BCUT2D eigenvalue weighted by molar-refractivity contribution is -0.117. The number of aliphatic hydroxyl groups excluding tert-OH is 1. The maximum absolute atomic E-state index is 13.8. The summed E-state index contributed by atoms with van der Waals surface area (Å²) in [5.41, 5.74) is 1.44. The first kappa shape index (κ1) is 22.3. The number of benzene rings is 2. The fraction of sp³-hybridized carbons (Fsp3) is 0.0769. The molecular formula is C26H16ClN3O5S. The Morgan fingerprint density at radius 3 is 2.83 bits per heavy atom. The van der Waals surface area contributed by atoms with Crippen molar-refractivity contribution < 1.29 is 23.8 Å². The first-order valence-corrected chi connectivity index (χ1v) is 12.0. The van der Waals surface area contributed by atoms with E-state index in [0.29, 0.717) is 38.0 Å². The van der Waals surface area contributed by atoms with E-state index in [0.717, 1.165) is 4.70 Å². The Morgan fingerprint density at radius 1 is 1.19 bits per heavy atom. The number of pyridine rings is 1. The zero-order valence-electron chi connectivity index (χ0n) is 18.6. The number of carbonyl (C=O) groups excluding carboxylic acids is 2. The third-order valence-corrected chi connectivity index (χ3v) is 7.20. The molecule has 8 nitrogen and oxygen atoms in total. The molecule has 0 aliphatic carbocycles. The Balaban J connectivity index is 1.50. The molecule has 0 spiro atoms. The number of methoxy groups -OCH3 is 1. The first-order valence-electron chi connectivity index (χ1n) is 10.8. The second kappa shape index (κ2) is 8.47. The third-order valence-electron chi connectivity index (χ3n) is 5.95. The van der Waals surface area contributed by atoms with Crippen LogP contribution in [0, 0.1) is 0 Å². The highest BCUT2D eigenvalue weighted by molar-refractivity contribution is 7.22. The molecule has 2 aromatic carbocycles. The van der Waals surface area contributed by atoms with E-state index in [1.807, 2.05) is 0 Å². The molecule has 10 heteroatoms. The molecule has 1 amide bonds. The summed E-state index contributed by atoms with van der Waals surface area (Å²) in [6, 6.07) is 14.5. The molecule has 5 aromatic rings. The third kappa shape index (κ3) is 3.43. The predicted molar refractivity (Wildman–Crippen MR) is 136 cm³/mol. The van der Waals surface area contributed by atoms with Crippen LogP contribution in [0.4, 0.5) is 5.13 Å². The molecular weight excluding hydrogens is 502 g/mol. The minimum absolute atomic E-state index is 0.0318. The summed E-state index contributed by atoms with van der Waals surface area (Å²) < 4.78 is 11.9. The smallest absolute Gasteiger partial charge is 0.296 e. The first-order chi connectivity index (χ1) is 17.5. The number of rotatable bonds is 5. The minimum Gasteiger partial charge on any atom is -0.503 e. The number of carbonyl (C=O) groups is 2. The van der Waals surface area contributed by atoms with Gasteiger partial charge in [0.1, 0.15) is 0 Å².